The van der Waals surface area contributed by atoms with Gasteiger partial charge in [0.25, 0.3) is 0 Å². The van der Waals surface area contributed by atoms with Gasteiger partial charge in [-0.3, -0.25) is 0 Å². The van der Waals surface area contributed by atoms with E-state index < -0.39 is 11.4 Å². The number of aliphatic carboxylic acids is 1. The third-order valence-corrected chi connectivity index (χ3v) is 1.43. The molecule has 0 aliphatic carbocycles. The molecule has 0 fully saturated rings. The lowest BCUT2D eigenvalue weighted by Gasteiger charge is -2.24. The summed E-state index contributed by atoms with van der Waals surface area (Å²) >= 11 is 9.75. The van der Waals surface area contributed by atoms with E-state index in [2.05, 4.69) is 0 Å². The second-order valence-corrected chi connectivity index (χ2v) is 4.51. The van der Waals surface area contributed by atoms with Crippen molar-refractivity contribution in [3.63, 3.8) is 0 Å². The minimum atomic E-state index is -0.954. The Labute approximate surface area is 89.8 Å². The summed E-state index contributed by atoms with van der Waals surface area (Å²) in [5.41, 5.74) is -0.644. The van der Waals surface area contributed by atoms with Crippen LogP contribution in [0.5, 0.6) is 0 Å². The lowest BCUT2D eigenvalue weighted by molar-refractivity contribution is -0.317. The molecule has 0 saturated carbocycles. The standard InChI is InChI=1S/C7H14O2.CH3Cl2N/c1-4-5-7(2,3)6(8)9;1-4(2)3/h4-5H2,1-3H3,(H,8,9);1H3/p-1. The second-order valence-electron chi connectivity index (χ2n) is 3.32. The Bertz CT molecular complexity index is 146. The zero-order valence-electron chi connectivity index (χ0n) is 8.43. The monoisotopic (exact) mass is 228 g/mol. The van der Waals surface area contributed by atoms with E-state index in [9.17, 15) is 9.90 Å². The third kappa shape index (κ3) is 12.0. The highest BCUT2D eigenvalue weighted by Gasteiger charge is 2.16. The minimum absolute atomic E-state index is 0.644. The molecule has 0 aromatic rings. The average Bonchev–Trinajstić information content (AvgIpc) is 1.85. The van der Waals surface area contributed by atoms with Gasteiger partial charge < -0.3 is 9.90 Å². The number of hydrogen-bond acceptors (Lipinski definition) is 3. The first-order chi connectivity index (χ1) is 5.74. The first kappa shape index (κ1) is 15.5. The molecule has 0 saturated heterocycles. The number of halogens is 2. The Morgan fingerprint density at radius 2 is 1.77 bits per heavy atom. The fourth-order valence-electron chi connectivity index (χ4n) is 0.727. The average molecular weight is 229 g/mol. The Balaban J connectivity index is 0. The van der Waals surface area contributed by atoms with E-state index in [0.29, 0.717) is 6.42 Å². The minimum Gasteiger partial charge on any atom is -0.550 e. The molecule has 3 nitrogen and oxygen atoms in total. The largest absolute Gasteiger partial charge is 0.550 e. The molecule has 0 rings (SSSR count). The first-order valence-electron chi connectivity index (χ1n) is 4.00. The van der Waals surface area contributed by atoms with Gasteiger partial charge in [0, 0.05) is 18.4 Å². The Hall–Kier alpha value is 0.01000. The zero-order valence-corrected chi connectivity index (χ0v) is 9.95. The lowest BCUT2D eigenvalue weighted by Crippen LogP contribution is -2.37. The number of nitrogens with zero attached hydrogens (tertiary/aromatic N) is 1. The van der Waals surface area contributed by atoms with Crippen LogP contribution in [0.4, 0.5) is 0 Å². The number of hydrogen-bond donors (Lipinski definition) is 0. The maximum absolute atomic E-state index is 10.3. The normalized spacial score (nSPS) is 10.7. The van der Waals surface area contributed by atoms with Crippen molar-refractivity contribution in [1.29, 1.82) is 0 Å². The molecule has 0 heterocycles. The first-order valence-corrected chi connectivity index (χ1v) is 4.68. The second kappa shape index (κ2) is 7.42. The lowest BCUT2D eigenvalue weighted by atomic mass is 9.88. The van der Waals surface area contributed by atoms with Gasteiger partial charge in [0.05, 0.1) is 0 Å². The highest BCUT2D eigenvalue weighted by Crippen LogP contribution is 2.20. The van der Waals surface area contributed by atoms with Crippen LogP contribution in [0.25, 0.3) is 0 Å². The summed E-state index contributed by atoms with van der Waals surface area (Å²) in [6.07, 6.45) is 1.58. The molecule has 0 amide bonds. The summed E-state index contributed by atoms with van der Waals surface area (Å²) < 4.78 is 0.944. The zero-order chi connectivity index (χ0) is 11.1. The van der Waals surface area contributed by atoms with Crippen molar-refractivity contribution < 1.29 is 9.90 Å². The predicted molar refractivity (Wildman–Crippen MR) is 53.2 cm³/mol. The van der Waals surface area contributed by atoms with Gasteiger partial charge in [-0.15, -0.1) is 3.94 Å². The molecule has 0 spiro atoms. The van der Waals surface area contributed by atoms with Crippen molar-refractivity contribution in [3.05, 3.63) is 0 Å². The number of carboxylic acids is 1. The van der Waals surface area contributed by atoms with E-state index in [1.165, 1.54) is 7.05 Å². The molecule has 5 heteroatoms. The van der Waals surface area contributed by atoms with E-state index in [1.807, 2.05) is 6.92 Å². The van der Waals surface area contributed by atoms with Crippen LogP contribution in [0.1, 0.15) is 33.6 Å². The van der Waals surface area contributed by atoms with Crippen LogP contribution in [-0.4, -0.2) is 17.0 Å². The van der Waals surface area contributed by atoms with Gasteiger partial charge in [0.2, 0.25) is 0 Å². The van der Waals surface area contributed by atoms with E-state index in [4.69, 9.17) is 23.6 Å². The van der Waals surface area contributed by atoms with Crippen molar-refractivity contribution in [3.8, 4) is 0 Å². The van der Waals surface area contributed by atoms with Crippen LogP contribution in [0.15, 0.2) is 0 Å². The van der Waals surface area contributed by atoms with Gasteiger partial charge in [-0.25, -0.2) is 0 Å². The molecule has 0 aromatic heterocycles. The maximum atomic E-state index is 10.3. The van der Waals surface area contributed by atoms with Gasteiger partial charge in [-0.05, 0) is 30.0 Å². The van der Waals surface area contributed by atoms with E-state index >= 15 is 0 Å². The number of carbonyl (C=O) groups is 1. The SMILES string of the molecule is CCCC(C)(C)C(=O)[O-].CN(Cl)Cl. The molecule has 0 aliphatic heterocycles. The Morgan fingerprint density at radius 1 is 1.46 bits per heavy atom. The van der Waals surface area contributed by atoms with Gasteiger partial charge in [0.15, 0.2) is 0 Å². The molecule has 0 N–H and O–H groups in total. The Kier molecular flexibility index (Phi) is 8.83. The summed E-state index contributed by atoms with van der Waals surface area (Å²) in [6.45, 7) is 5.34. The van der Waals surface area contributed by atoms with Gasteiger partial charge in [-0.2, -0.15) is 0 Å². The molecule has 0 radical (unpaired) electrons. The maximum Gasteiger partial charge on any atom is 0.0470 e. The highest BCUT2D eigenvalue weighted by atomic mass is 35.5. The smallest absolute Gasteiger partial charge is 0.0470 e. The van der Waals surface area contributed by atoms with E-state index in [-0.39, 0.29) is 0 Å². The number of rotatable bonds is 3. The van der Waals surface area contributed by atoms with Gasteiger partial charge in [0.1, 0.15) is 0 Å². The molecule has 0 aliphatic rings. The van der Waals surface area contributed by atoms with Crippen molar-refractivity contribution in [1.82, 2.24) is 3.94 Å². The summed E-state index contributed by atoms with van der Waals surface area (Å²) in [5.74, 6) is -0.954. The number of carboxylic acid groups (broad SMARTS) is 1. The molecular weight excluding hydrogens is 213 g/mol. The van der Waals surface area contributed by atoms with Crippen LogP contribution in [0.3, 0.4) is 0 Å². The topological polar surface area (TPSA) is 43.4 Å². The molecule has 80 valence electrons. The molecule has 0 aromatic carbocycles. The predicted octanol–water partition coefficient (Wildman–Crippen LogP) is 1.79. The molecule has 13 heavy (non-hydrogen) atoms. The molecule has 0 atom stereocenters. The summed E-state index contributed by atoms with van der Waals surface area (Å²) in [5, 5.41) is 10.3. The third-order valence-electron chi connectivity index (χ3n) is 1.43. The van der Waals surface area contributed by atoms with Crippen LogP contribution in [0.2, 0.25) is 0 Å². The fourth-order valence-corrected chi connectivity index (χ4v) is 0.727. The molecule has 0 bridgehead atoms. The van der Waals surface area contributed by atoms with E-state index in [0.717, 1.165) is 10.4 Å². The van der Waals surface area contributed by atoms with Crippen LogP contribution in [-0.2, 0) is 4.79 Å². The van der Waals surface area contributed by atoms with Gasteiger partial charge in [-0.1, -0.05) is 27.2 Å². The Morgan fingerprint density at radius 3 is 1.85 bits per heavy atom. The van der Waals surface area contributed by atoms with Crippen molar-refractivity contribution >= 4 is 29.5 Å². The van der Waals surface area contributed by atoms with Crippen molar-refractivity contribution in [2.45, 2.75) is 33.6 Å². The summed E-state index contributed by atoms with van der Waals surface area (Å²) in [4.78, 5) is 10.3. The molecular formula is C8H16Cl2NO2-. The molecule has 0 unspecified atom stereocenters. The van der Waals surface area contributed by atoms with Crippen molar-refractivity contribution in [2.75, 3.05) is 7.05 Å². The summed E-state index contributed by atoms with van der Waals surface area (Å²) in [6, 6.07) is 0. The summed E-state index contributed by atoms with van der Waals surface area (Å²) in [7, 11) is 1.53. The highest BCUT2D eigenvalue weighted by molar-refractivity contribution is 6.33. The van der Waals surface area contributed by atoms with Crippen LogP contribution < -0.4 is 5.11 Å². The van der Waals surface area contributed by atoms with E-state index in [1.54, 1.807) is 13.8 Å². The fraction of sp³-hybridized carbons (Fsp3) is 0.875. The van der Waals surface area contributed by atoms with Crippen LogP contribution in [0, 0.1) is 5.41 Å². The van der Waals surface area contributed by atoms with Crippen molar-refractivity contribution in [2.24, 2.45) is 5.41 Å². The number of carbonyl (C=O) groups excluding carboxylic acids is 1. The van der Waals surface area contributed by atoms with Crippen LogP contribution >= 0.6 is 23.6 Å². The van der Waals surface area contributed by atoms with Gasteiger partial charge >= 0.3 is 0 Å². The quantitative estimate of drug-likeness (QED) is 0.693.